The summed E-state index contributed by atoms with van der Waals surface area (Å²) < 4.78 is 10.0. The van der Waals surface area contributed by atoms with E-state index in [4.69, 9.17) is 10.2 Å². The van der Waals surface area contributed by atoms with Gasteiger partial charge in [0.05, 0.1) is 13.4 Å². The number of rotatable bonds is 11. The third-order valence-electron chi connectivity index (χ3n) is 2.63. The van der Waals surface area contributed by atoms with Crippen molar-refractivity contribution in [1.29, 1.82) is 0 Å². The lowest BCUT2D eigenvalue weighted by atomic mass is 10.1. The highest BCUT2D eigenvalue weighted by Gasteiger charge is 2.33. The summed E-state index contributed by atoms with van der Waals surface area (Å²) in [7, 11) is -0.591. The van der Waals surface area contributed by atoms with Gasteiger partial charge in [-0.3, -0.25) is 10.1 Å². The Morgan fingerprint density at radius 2 is 2.09 bits per heavy atom. The number of carbonyl (C=O) groups is 1. The standard InChI is InChI=1S/C13H25N3O5Si/c1-20-13(17)12(16(18)19)11(15-9-6-8-14)7-5-10-21-22(2,3)4/h5,10-12,14H,6-9H2,1-4H3/q-2/b10-5+. The zero-order chi connectivity index (χ0) is 17.2. The number of esters is 1. The number of hydrogen-bond donors (Lipinski definition) is 0. The summed E-state index contributed by atoms with van der Waals surface area (Å²) in [4.78, 5) is 22.1. The lowest BCUT2D eigenvalue weighted by molar-refractivity contribution is -0.512. The summed E-state index contributed by atoms with van der Waals surface area (Å²) in [5.74, 6) is -0.913. The Morgan fingerprint density at radius 3 is 2.55 bits per heavy atom. The van der Waals surface area contributed by atoms with Crippen molar-refractivity contribution in [3.8, 4) is 0 Å². The van der Waals surface area contributed by atoms with Gasteiger partial charge >= 0.3 is 5.97 Å². The van der Waals surface area contributed by atoms with E-state index < -0.39 is 31.3 Å². The van der Waals surface area contributed by atoms with Crippen molar-refractivity contribution >= 4 is 14.3 Å². The van der Waals surface area contributed by atoms with Crippen LogP contribution in [-0.4, -0.2) is 51.5 Å². The Hall–Kier alpha value is -1.45. The van der Waals surface area contributed by atoms with Crippen LogP contribution in [0.3, 0.4) is 0 Å². The minimum absolute atomic E-state index is 0.187. The lowest BCUT2D eigenvalue weighted by Gasteiger charge is -2.32. The van der Waals surface area contributed by atoms with Gasteiger partial charge in [0.15, 0.2) is 0 Å². The first-order valence-electron chi connectivity index (χ1n) is 7.08. The van der Waals surface area contributed by atoms with Gasteiger partial charge < -0.3 is 20.2 Å². The first kappa shape index (κ1) is 20.5. The van der Waals surface area contributed by atoms with Crippen LogP contribution in [0.4, 0.5) is 0 Å². The molecule has 0 spiro atoms. The first-order chi connectivity index (χ1) is 10.2. The summed E-state index contributed by atoms with van der Waals surface area (Å²) in [5, 5.41) is 15.3. The largest absolute Gasteiger partial charge is 0.677 e. The van der Waals surface area contributed by atoms with Crippen molar-refractivity contribution in [1.82, 2.24) is 0 Å². The molecule has 0 aliphatic carbocycles. The van der Waals surface area contributed by atoms with Gasteiger partial charge in [-0.1, -0.05) is 18.5 Å². The van der Waals surface area contributed by atoms with Crippen LogP contribution in [0.15, 0.2) is 12.3 Å². The van der Waals surface area contributed by atoms with Crippen LogP contribution in [0.2, 0.25) is 19.6 Å². The third-order valence-corrected chi connectivity index (χ3v) is 3.47. The maximum Gasteiger partial charge on any atom is 0.379 e. The molecule has 0 fully saturated rings. The fourth-order valence-electron chi connectivity index (χ4n) is 1.59. The molecular formula is C13H25N3O5Si-2. The van der Waals surface area contributed by atoms with Gasteiger partial charge in [0.1, 0.15) is 0 Å². The summed E-state index contributed by atoms with van der Waals surface area (Å²) >= 11 is 0. The number of nitrogens with zero attached hydrogens (tertiary/aromatic N) is 2. The number of carbonyl (C=O) groups excluding carboxylic acids is 1. The van der Waals surface area contributed by atoms with E-state index >= 15 is 0 Å². The summed E-state index contributed by atoms with van der Waals surface area (Å²) in [5.41, 5.74) is 7.08. The average Bonchev–Trinajstić information content (AvgIpc) is 2.41. The van der Waals surface area contributed by atoms with E-state index in [-0.39, 0.29) is 13.0 Å². The molecule has 0 aromatic rings. The van der Waals surface area contributed by atoms with E-state index in [9.17, 15) is 14.9 Å². The molecule has 0 radical (unpaired) electrons. The third kappa shape index (κ3) is 8.75. The van der Waals surface area contributed by atoms with E-state index in [1.54, 1.807) is 6.08 Å². The molecule has 0 saturated heterocycles. The Labute approximate surface area is 132 Å². The molecule has 2 atom stereocenters. The second kappa shape index (κ2) is 10.3. The molecule has 0 aliphatic rings. The number of ether oxygens (including phenoxy) is 1. The second-order valence-electron chi connectivity index (χ2n) is 5.67. The Bertz CT molecular complexity index is 384. The Kier molecular flexibility index (Phi) is 9.62. The van der Waals surface area contributed by atoms with Crippen LogP contribution in [0.5, 0.6) is 0 Å². The average molecular weight is 331 g/mol. The van der Waals surface area contributed by atoms with E-state index in [1.165, 1.54) is 6.26 Å². The highest BCUT2D eigenvalue weighted by atomic mass is 28.4. The molecule has 0 aromatic heterocycles. The van der Waals surface area contributed by atoms with Gasteiger partial charge in [-0.05, 0) is 26.1 Å². The molecule has 0 heterocycles. The van der Waals surface area contributed by atoms with Gasteiger partial charge in [-0.25, -0.2) is 4.79 Å². The van der Waals surface area contributed by atoms with Crippen molar-refractivity contribution in [3.05, 3.63) is 33.5 Å². The van der Waals surface area contributed by atoms with Crippen molar-refractivity contribution in [2.24, 2.45) is 0 Å². The van der Waals surface area contributed by atoms with E-state index in [0.717, 1.165) is 7.11 Å². The Morgan fingerprint density at radius 1 is 1.45 bits per heavy atom. The predicted molar refractivity (Wildman–Crippen MR) is 86.8 cm³/mol. The van der Waals surface area contributed by atoms with Crippen LogP contribution in [-0.2, 0) is 14.0 Å². The highest BCUT2D eigenvalue weighted by Crippen LogP contribution is 2.16. The van der Waals surface area contributed by atoms with Crippen LogP contribution in [0.1, 0.15) is 12.8 Å². The minimum atomic E-state index is -1.71. The van der Waals surface area contributed by atoms with Gasteiger partial charge in [0.2, 0.25) is 8.32 Å². The summed E-state index contributed by atoms with van der Waals surface area (Å²) in [6, 6.07) is -2.36. The molecule has 0 aromatic carbocycles. The molecule has 0 bridgehead atoms. The van der Waals surface area contributed by atoms with Crippen LogP contribution in [0.25, 0.3) is 11.1 Å². The molecule has 0 rings (SSSR count). The van der Waals surface area contributed by atoms with E-state index in [1.807, 2.05) is 19.6 Å². The molecule has 0 saturated carbocycles. The molecule has 9 heteroatoms. The minimum Gasteiger partial charge on any atom is -0.677 e. The summed E-state index contributed by atoms with van der Waals surface area (Å²) in [6.07, 6.45) is 3.88. The van der Waals surface area contributed by atoms with Gasteiger partial charge in [0.25, 0.3) is 6.04 Å². The van der Waals surface area contributed by atoms with E-state index in [0.29, 0.717) is 13.0 Å². The monoisotopic (exact) mass is 331 g/mol. The van der Waals surface area contributed by atoms with Gasteiger partial charge in [-0.15, -0.1) is 0 Å². The highest BCUT2D eigenvalue weighted by molar-refractivity contribution is 6.69. The van der Waals surface area contributed by atoms with Crippen molar-refractivity contribution in [3.63, 3.8) is 0 Å². The van der Waals surface area contributed by atoms with Crippen LogP contribution < -0.4 is 0 Å². The zero-order valence-corrected chi connectivity index (χ0v) is 14.6. The predicted octanol–water partition coefficient (Wildman–Crippen LogP) is 2.74. The summed E-state index contributed by atoms with van der Waals surface area (Å²) in [6.45, 7) is 6.54. The maximum absolute atomic E-state index is 11.6. The molecule has 128 valence electrons. The fraction of sp³-hybridized carbons (Fsp3) is 0.769. The van der Waals surface area contributed by atoms with Gasteiger partial charge in [0, 0.05) is 4.92 Å². The molecule has 22 heavy (non-hydrogen) atoms. The van der Waals surface area contributed by atoms with E-state index in [2.05, 4.69) is 10.1 Å². The maximum atomic E-state index is 11.6. The number of nitro groups is 1. The number of nitrogens with one attached hydrogen (secondary N) is 1. The molecule has 0 aliphatic heterocycles. The normalized spacial score (nSPS) is 14.6. The Balaban J connectivity index is 4.85. The SMILES string of the molecule is COC(=O)C(C(C/C=C/O[Si](C)(C)C)[N-]CCC[NH-])[N+](=O)[O-]. The zero-order valence-electron chi connectivity index (χ0n) is 13.6. The molecular weight excluding hydrogens is 306 g/mol. The van der Waals surface area contributed by atoms with Crippen molar-refractivity contribution in [2.75, 3.05) is 20.2 Å². The van der Waals surface area contributed by atoms with Crippen LogP contribution in [0, 0.1) is 10.1 Å². The topological polar surface area (TPSA) is 117 Å². The molecule has 2 unspecified atom stereocenters. The molecule has 8 nitrogen and oxygen atoms in total. The quantitative estimate of drug-likeness (QED) is 0.144. The molecule has 1 N–H and O–H groups in total. The number of methoxy groups -OCH3 is 1. The smallest absolute Gasteiger partial charge is 0.379 e. The fourth-order valence-corrected chi connectivity index (χ4v) is 2.10. The van der Waals surface area contributed by atoms with Crippen LogP contribution >= 0.6 is 0 Å². The van der Waals surface area contributed by atoms with Crippen molar-refractivity contribution in [2.45, 2.75) is 44.6 Å². The molecule has 0 amide bonds. The lowest BCUT2D eigenvalue weighted by Crippen LogP contribution is -2.41. The number of hydrogen-bond acceptors (Lipinski definition) is 5. The second-order valence-corrected chi connectivity index (χ2v) is 10.1. The van der Waals surface area contributed by atoms with Crippen molar-refractivity contribution < 1.29 is 18.9 Å². The first-order valence-corrected chi connectivity index (χ1v) is 10.5. The van der Waals surface area contributed by atoms with Gasteiger partial charge in [-0.2, -0.15) is 13.1 Å².